The van der Waals surface area contributed by atoms with Crippen LogP contribution in [0.1, 0.15) is 25.7 Å². The summed E-state index contributed by atoms with van der Waals surface area (Å²) < 4.78 is 16.8. The maximum atomic E-state index is 6.85. The van der Waals surface area contributed by atoms with E-state index in [1.807, 2.05) is 42.5 Å². The highest BCUT2D eigenvalue weighted by Crippen LogP contribution is 2.44. The third-order valence-corrected chi connectivity index (χ3v) is 9.97. The second-order valence-corrected chi connectivity index (χ2v) is 12.7. The van der Waals surface area contributed by atoms with Crippen LogP contribution < -0.4 is 30.9 Å². The molecule has 1 aromatic heterocycles. The van der Waals surface area contributed by atoms with Crippen LogP contribution >= 0.6 is 31.6 Å². The Labute approximate surface area is 247 Å². The summed E-state index contributed by atoms with van der Waals surface area (Å²) in [6, 6.07) is 13.6. The lowest BCUT2D eigenvalue weighted by Gasteiger charge is -2.45. The van der Waals surface area contributed by atoms with Crippen molar-refractivity contribution in [1.82, 2.24) is 10.3 Å². The Morgan fingerprint density at radius 2 is 1.60 bits per heavy atom. The first kappa shape index (κ1) is 29.2. The highest BCUT2D eigenvalue weighted by Gasteiger charge is 2.36. The molecule has 0 saturated carbocycles. The first-order valence-electron chi connectivity index (χ1n) is 13.5. The van der Waals surface area contributed by atoms with Gasteiger partial charge in [0.1, 0.15) is 11.6 Å². The van der Waals surface area contributed by atoms with Crippen LogP contribution in [-0.4, -0.2) is 52.5 Å². The van der Waals surface area contributed by atoms with E-state index in [-0.39, 0.29) is 0 Å². The fourth-order valence-corrected chi connectivity index (χ4v) is 7.14. The van der Waals surface area contributed by atoms with Gasteiger partial charge in [-0.25, -0.2) is 4.98 Å². The van der Waals surface area contributed by atoms with Crippen LogP contribution in [0.4, 0.5) is 28.6 Å². The van der Waals surface area contributed by atoms with Crippen molar-refractivity contribution in [3.05, 3.63) is 58.7 Å². The number of piperidine rings is 2. The van der Waals surface area contributed by atoms with Crippen molar-refractivity contribution in [1.29, 1.82) is 0 Å². The highest BCUT2D eigenvalue weighted by molar-refractivity contribution is 7.56. The van der Waals surface area contributed by atoms with Gasteiger partial charge in [-0.2, -0.15) is 0 Å². The van der Waals surface area contributed by atoms with Gasteiger partial charge in [0.15, 0.2) is 0 Å². The maximum Gasteiger partial charge on any atom is 0.206 e. The van der Waals surface area contributed by atoms with E-state index in [0.717, 1.165) is 48.5 Å². The molecule has 3 N–H and O–H groups in total. The number of methoxy groups -OCH3 is 1. The van der Waals surface area contributed by atoms with Crippen molar-refractivity contribution in [2.45, 2.75) is 25.7 Å². The van der Waals surface area contributed by atoms with E-state index in [1.54, 1.807) is 27.5 Å². The first-order valence-corrected chi connectivity index (χ1v) is 15.4. The van der Waals surface area contributed by atoms with Gasteiger partial charge in [0.2, 0.25) is 8.38 Å². The summed E-state index contributed by atoms with van der Waals surface area (Å²) in [5, 5.41) is 12.3. The molecule has 0 amide bonds. The summed E-state index contributed by atoms with van der Waals surface area (Å²) in [6.07, 6.45) is 6.52. The molecule has 2 fully saturated rings. The van der Waals surface area contributed by atoms with Crippen LogP contribution in [0, 0.1) is 5.41 Å². The van der Waals surface area contributed by atoms with E-state index in [0.29, 0.717) is 32.7 Å². The van der Waals surface area contributed by atoms with Gasteiger partial charge in [0.25, 0.3) is 0 Å². The minimum absolute atomic E-state index is 0.474. The number of ether oxygens (including phenoxy) is 1. The van der Waals surface area contributed by atoms with E-state index in [9.17, 15) is 0 Å². The van der Waals surface area contributed by atoms with Crippen LogP contribution in [0.5, 0.6) is 5.75 Å². The Morgan fingerprint density at radius 1 is 0.875 bits per heavy atom. The van der Waals surface area contributed by atoms with Gasteiger partial charge in [0.05, 0.1) is 51.4 Å². The molecule has 40 heavy (non-hydrogen) atoms. The molecule has 0 aliphatic carbocycles. The van der Waals surface area contributed by atoms with Gasteiger partial charge in [-0.1, -0.05) is 35.3 Å². The third-order valence-electron chi connectivity index (χ3n) is 7.92. The molecule has 2 aromatic carbocycles. The lowest BCUT2D eigenvalue weighted by atomic mass is 9.71. The molecular weight excluding hydrogens is 568 g/mol. The average molecular weight is 605 g/mol. The molecule has 2 aliphatic heterocycles. The lowest BCUT2D eigenvalue weighted by Crippen LogP contribution is -2.45. The number of rotatable bonds is 9. The second kappa shape index (κ2) is 13.1. The number of hydrogen-bond donors (Lipinski definition) is 3. The van der Waals surface area contributed by atoms with Crippen LogP contribution in [0.3, 0.4) is 0 Å². The molecule has 0 radical (unpaired) electrons. The van der Waals surface area contributed by atoms with Crippen LogP contribution in [0.25, 0.3) is 0 Å². The SMILES string of the molecule is COc1cc(N2CCC3(CCNCC3)CC2)c(Cl)cc1Nc1cc(Nc2ccccc2P(OC)OC)c(Cl)cn1. The van der Waals surface area contributed by atoms with Crippen molar-refractivity contribution in [2.24, 2.45) is 5.41 Å². The molecule has 8 nitrogen and oxygen atoms in total. The number of hydrogen-bond acceptors (Lipinski definition) is 8. The van der Waals surface area contributed by atoms with Crippen LogP contribution in [0.2, 0.25) is 10.0 Å². The molecule has 2 aliphatic rings. The maximum absolute atomic E-state index is 6.85. The molecule has 2 saturated heterocycles. The van der Waals surface area contributed by atoms with Gasteiger partial charge >= 0.3 is 0 Å². The predicted octanol–water partition coefficient (Wildman–Crippen LogP) is 7.08. The number of para-hydroxylation sites is 1. The molecule has 214 valence electrons. The van der Waals surface area contributed by atoms with E-state index in [1.165, 1.54) is 25.7 Å². The molecule has 11 heteroatoms. The van der Waals surface area contributed by atoms with E-state index < -0.39 is 8.38 Å². The normalized spacial score (nSPS) is 16.8. The molecule has 5 rings (SSSR count). The summed E-state index contributed by atoms with van der Waals surface area (Å²) in [5.74, 6) is 1.29. The fourth-order valence-electron chi connectivity index (χ4n) is 5.63. The standard InChI is InChI=1S/C29H36Cl2N5O3P/c1-37-26-18-25(36-14-10-29(11-15-36)8-12-32-13-9-29)20(30)16-24(26)35-28-17-23(21(31)19-33-28)34-22-6-4-5-7-27(22)40(38-2)39-3/h4-7,16-19,32H,8-15H2,1-3H3,(H2,33,34,35). The first-order chi connectivity index (χ1) is 19.4. The summed E-state index contributed by atoms with van der Waals surface area (Å²) >= 11 is 13.4. The van der Waals surface area contributed by atoms with Crippen molar-refractivity contribution < 1.29 is 13.8 Å². The number of nitrogens with zero attached hydrogens (tertiary/aromatic N) is 2. The molecule has 3 heterocycles. The van der Waals surface area contributed by atoms with Crippen LogP contribution in [0.15, 0.2) is 48.7 Å². The summed E-state index contributed by atoms with van der Waals surface area (Å²) in [4.78, 5) is 6.87. The summed E-state index contributed by atoms with van der Waals surface area (Å²) in [7, 11) is 3.71. The fraction of sp³-hybridized carbons (Fsp3) is 0.414. The van der Waals surface area contributed by atoms with E-state index >= 15 is 0 Å². The smallest absolute Gasteiger partial charge is 0.206 e. The third kappa shape index (κ3) is 6.43. The van der Waals surface area contributed by atoms with Gasteiger partial charge in [-0.15, -0.1) is 0 Å². The zero-order valence-electron chi connectivity index (χ0n) is 23.1. The monoisotopic (exact) mass is 603 g/mol. The Kier molecular flexibility index (Phi) is 9.56. The number of aromatic nitrogens is 1. The largest absolute Gasteiger partial charge is 0.494 e. The average Bonchev–Trinajstić information content (AvgIpc) is 2.97. The second-order valence-electron chi connectivity index (χ2n) is 10.2. The predicted molar refractivity (Wildman–Crippen MR) is 167 cm³/mol. The van der Waals surface area contributed by atoms with Gasteiger partial charge in [0, 0.05) is 39.4 Å². The quantitative estimate of drug-likeness (QED) is 0.224. The molecular formula is C29H36Cl2N5O3P. The zero-order chi connectivity index (χ0) is 28.1. The number of nitrogens with one attached hydrogen (secondary N) is 3. The lowest BCUT2D eigenvalue weighted by molar-refractivity contribution is 0.155. The van der Waals surface area contributed by atoms with Crippen molar-refractivity contribution in [3.63, 3.8) is 0 Å². The Bertz CT molecular complexity index is 1310. The van der Waals surface area contributed by atoms with Crippen LogP contribution in [-0.2, 0) is 9.05 Å². The minimum atomic E-state index is -1.23. The number of halogens is 2. The van der Waals surface area contributed by atoms with Crippen molar-refractivity contribution >= 4 is 65.4 Å². The van der Waals surface area contributed by atoms with Gasteiger partial charge < -0.3 is 34.6 Å². The number of anilines is 5. The number of pyridine rings is 1. The van der Waals surface area contributed by atoms with Crippen molar-refractivity contribution in [2.75, 3.05) is 63.0 Å². The molecule has 0 atom stereocenters. The Morgan fingerprint density at radius 3 is 2.30 bits per heavy atom. The molecule has 3 aromatic rings. The van der Waals surface area contributed by atoms with Gasteiger partial charge in [-0.05, 0) is 62.4 Å². The Hall–Kier alpha value is -2.32. The molecule has 0 unspecified atom stereocenters. The summed E-state index contributed by atoms with van der Waals surface area (Å²) in [6.45, 7) is 4.25. The van der Waals surface area contributed by atoms with E-state index in [4.69, 9.17) is 37.0 Å². The van der Waals surface area contributed by atoms with Crippen molar-refractivity contribution in [3.8, 4) is 5.75 Å². The van der Waals surface area contributed by atoms with E-state index in [2.05, 4.69) is 25.8 Å². The van der Waals surface area contributed by atoms with Gasteiger partial charge in [-0.3, -0.25) is 0 Å². The minimum Gasteiger partial charge on any atom is -0.494 e. The highest BCUT2D eigenvalue weighted by atomic mass is 35.5. The number of benzene rings is 2. The summed E-state index contributed by atoms with van der Waals surface area (Å²) in [5.41, 5.74) is 3.74. The zero-order valence-corrected chi connectivity index (χ0v) is 25.5. The topological polar surface area (TPSA) is 79.9 Å². The molecule has 1 spiro atoms. The Balaban J connectivity index is 1.34. The molecule has 0 bridgehead atoms.